The van der Waals surface area contributed by atoms with Crippen LogP contribution in [0.15, 0.2) is 29.4 Å². The number of H-pyrrole nitrogens is 2. The highest BCUT2D eigenvalue weighted by atomic mass is 35.5. The van der Waals surface area contributed by atoms with Gasteiger partial charge in [0.25, 0.3) is 0 Å². The fourth-order valence-corrected chi connectivity index (χ4v) is 1.71. The Morgan fingerprint density at radius 2 is 2.16 bits per heavy atom. The molecule has 0 aliphatic rings. The first-order valence-electron chi connectivity index (χ1n) is 6.11. The first kappa shape index (κ1) is 15.4. The van der Waals surface area contributed by atoms with Gasteiger partial charge in [-0.05, 0) is 18.1 Å². The van der Waals surface area contributed by atoms with Crippen LogP contribution in [0.25, 0.3) is 11.4 Å². The number of aromatic nitrogens is 2. The van der Waals surface area contributed by atoms with Crippen LogP contribution in [0.1, 0.15) is 19.5 Å². The summed E-state index contributed by atoms with van der Waals surface area (Å²) in [4.78, 5) is 10.9. The van der Waals surface area contributed by atoms with E-state index in [9.17, 15) is 0 Å². The first-order valence-corrected chi connectivity index (χ1v) is 6.11. The lowest BCUT2D eigenvalue weighted by Crippen LogP contribution is -1.94. The van der Waals surface area contributed by atoms with E-state index in [4.69, 9.17) is 4.74 Å². The zero-order valence-corrected chi connectivity index (χ0v) is 12.3. The minimum Gasteiger partial charge on any atom is -0.494 e. The van der Waals surface area contributed by atoms with Crippen molar-refractivity contribution in [3.05, 3.63) is 30.1 Å². The molecule has 0 saturated carbocycles. The molecular formula is C14H20ClN3O. The number of hydrogen-bond acceptors (Lipinski definition) is 2. The molecule has 0 radical (unpaired) electrons. The summed E-state index contributed by atoms with van der Waals surface area (Å²) in [5, 5.41) is 0. The van der Waals surface area contributed by atoms with Gasteiger partial charge in [-0.15, -0.1) is 12.4 Å². The van der Waals surface area contributed by atoms with Crippen LogP contribution in [-0.4, -0.2) is 29.8 Å². The Labute approximate surface area is 119 Å². The molecule has 5 heteroatoms. The van der Waals surface area contributed by atoms with Crippen LogP contribution >= 0.6 is 12.4 Å². The molecule has 0 spiro atoms. The van der Waals surface area contributed by atoms with Crippen molar-refractivity contribution in [2.24, 2.45) is 10.9 Å². The Morgan fingerprint density at radius 1 is 1.37 bits per heavy atom. The van der Waals surface area contributed by atoms with Gasteiger partial charge in [0.15, 0.2) is 0 Å². The lowest BCUT2D eigenvalue weighted by atomic mass is 10.2. The van der Waals surface area contributed by atoms with E-state index in [-0.39, 0.29) is 12.4 Å². The number of rotatable bonds is 5. The third kappa shape index (κ3) is 3.89. The van der Waals surface area contributed by atoms with E-state index < -0.39 is 0 Å². The van der Waals surface area contributed by atoms with Crippen LogP contribution in [0.2, 0.25) is 0 Å². The molecule has 2 aromatic heterocycles. The molecule has 0 aliphatic carbocycles. The maximum atomic E-state index is 5.35. The molecule has 0 saturated heterocycles. The maximum Gasteiger partial charge on any atom is 0.146 e. The van der Waals surface area contributed by atoms with Crippen LogP contribution in [0.4, 0.5) is 0 Å². The zero-order chi connectivity index (χ0) is 13.0. The molecule has 104 valence electrons. The first-order chi connectivity index (χ1) is 8.70. The fourth-order valence-electron chi connectivity index (χ4n) is 1.71. The molecule has 0 unspecified atom stereocenters. The summed E-state index contributed by atoms with van der Waals surface area (Å²) in [6.07, 6.45) is 3.74. The zero-order valence-electron chi connectivity index (χ0n) is 11.4. The van der Waals surface area contributed by atoms with Gasteiger partial charge >= 0.3 is 0 Å². The molecule has 4 nitrogen and oxygen atoms in total. The number of aliphatic imine (C=N–C) groups is 1. The summed E-state index contributed by atoms with van der Waals surface area (Å²) in [6.45, 7) is 5.11. The highest BCUT2D eigenvalue weighted by Gasteiger charge is 2.08. The SMILES string of the molecule is COc1cc(-c2ccc[nH]2)[nH]c1C=NCC(C)C.Cl. The van der Waals surface area contributed by atoms with E-state index in [0.29, 0.717) is 5.92 Å². The van der Waals surface area contributed by atoms with Gasteiger partial charge in [-0.2, -0.15) is 0 Å². The molecular weight excluding hydrogens is 262 g/mol. The van der Waals surface area contributed by atoms with E-state index >= 15 is 0 Å². The third-order valence-electron chi connectivity index (χ3n) is 2.61. The van der Waals surface area contributed by atoms with Crippen molar-refractivity contribution in [2.45, 2.75) is 13.8 Å². The summed E-state index contributed by atoms with van der Waals surface area (Å²) in [7, 11) is 1.67. The molecule has 2 aromatic rings. The molecule has 0 aliphatic heterocycles. The molecule has 2 rings (SSSR count). The predicted octanol–water partition coefficient (Wildman–Crippen LogP) is 3.52. The number of nitrogens with one attached hydrogen (secondary N) is 2. The van der Waals surface area contributed by atoms with Crippen molar-refractivity contribution in [3.8, 4) is 17.1 Å². The highest BCUT2D eigenvalue weighted by Crippen LogP contribution is 2.24. The van der Waals surface area contributed by atoms with E-state index in [0.717, 1.165) is 29.4 Å². The van der Waals surface area contributed by atoms with Crippen LogP contribution in [-0.2, 0) is 0 Å². The Bertz CT molecular complexity index is 515. The van der Waals surface area contributed by atoms with E-state index in [1.807, 2.05) is 30.6 Å². The van der Waals surface area contributed by atoms with Crippen molar-refractivity contribution >= 4 is 18.6 Å². The minimum atomic E-state index is 0. The fraction of sp³-hybridized carbons (Fsp3) is 0.357. The van der Waals surface area contributed by atoms with Gasteiger partial charge in [0.1, 0.15) is 5.75 Å². The standard InChI is InChI=1S/C14H19N3O.ClH/c1-10(2)8-15-9-13-14(18-3)7-12(17-13)11-5-4-6-16-11;/h4-7,9-10,16-17H,8H2,1-3H3;1H. The average molecular weight is 282 g/mol. The van der Waals surface area contributed by atoms with Gasteiger partial charge in [-0.3, -0.25) is 4.99 Å². The Morgan fingerprint density at radius 3 is 2.74 bits per heavy atom. The highest BCUT2D eigenvalue weighted by molar-refractivity contribution is 5.85. The second kappa shape index (κ2) is 7.04. The summed E-state index contributed by atoms with van der Waals surface area (Å²) in [6, 6.07) is 5.96. The van der Waals surface area contributed by atoms with Gasteiger partial charge < -0.3 is 14.7 Å². The number of ether oxygens (including phenoxy) is 1. The van der Waals surface area contributed by atoms with Gasteiger partial charge in [-0.1, -0.05) is 13.8 Å². The van der Waals surface area contributed by atoms with Crippen LogP contribution in [0.3, 0.4) is 0 Å². The number of nitrogens with zero attached hydrogens (tertiary/aromatic N) is 1. The quantitative estimate of drug-likeness (QED) is 0.810. The molecule has 2 N–H and O–H groups in total. The normalized spacial score (nSPS) is 10.9. The number of hydrogen-bond donors (Lipinski definition) is 2. The average Bonchev–Trinajstić information content (AvgIpc) is 2.96. The number of halogens is 1. The van der Waals surface area contributed by atoms with Crippen molar-refractivity contribution in [2.75, 3.05) is 13.7 Å². The van der Waals surface area contributed by atoms with Gasteiger partial charge in [0.2, 0.25) is 0 Å². The molecule has 0 bridgehead atoms. The summed E-state index contributed by atoms with van der Waals surface area (Å²) in [5.74, 6) is 1.37. The van der Waals surface area contributed by atoms with Crippen molar-refractivity contribution < 1.29 is 4.74 Å². The minimum absolute atomic E-state index is 0. The number of aromatic amines is 2. The summed E-state index contributed by atoms with van der Waals surface area (Å²) in [5.41, 5.74) is 2.95. The van der Waals surface area contributed by atoms with E-state index in [2.05, 4.69) is 28.8 Å². The predicted molar refractivity (Wildman–Crippen MR) is 81.7 cm³/mol. The van der Waals surface area contributed by atoms with Crippen molar-refractivity contribution in [1.29, 1.82) is 0 Å². The Balaban J connectivity index is 0.00000180. The molecule has 0 fully saturated rings. The smallest absolute Gasteiger partial charge is 0.146 e. The lowest BCUT2D eigenvalue weighted by Gasteiger charge is -1.98. The lowest BCUT2D eigenvalue weighted by molar-refractivity contribution is 0.415. The van der Waals surface area contributed by atoms with E-state index in [1.165, 1.54) is 0 Å². The van der Waals surface area contributed by atoms with Crippen LogP contribution in [0, 0.1) is 5.92 Å². The van der Waals surface area contributed by atoms with Crippen LogP contribution in [0.5, 0.6) is 5.75 Å². The van der Waals surface area contributed by atoms with Crippen molar-refractivity contribution in [1.82, 2.24) is 9.97 Å². The summed E-state index contributed by atoms with van der Waals surface area (Å²) >= 11 is 0. The second-order valence-corrected chi connectivity index (χ2v) is 4.64. The monoisotopic (exact) mass is 281 g/mol. The van der Waals surface area contributed by atoms with Crippen LogP contribution < -0.4 is 4.74 Å². The molecule has 0 amide bonds. The Hall–Kier alpha value is -1.68. The molecule has 0 atom stereocenters. The second-order valence-electron chi connectivity index (χ2n) is 4.64. The van der Waals surface area contributed by atoms with Crippen molar-refractivity contribution in [3.63, 3.8) is 0 Å². The molecule has 0 aromatic carbocycles. The summed E-state index contributed by atoms with van der Waals surface area (Å²) < 4.78 is 5.35. The van der Waals surface area contributed by atoms with E-state index in [1.54, 1.807) is 7.11 Å². The van der Waals surface area contributed by atoms with Gasteiger partial charge in [-0.25, -0.2) is 0 Å². The topological polar surface area (TPSA) is 53.2 Å². The largest absolute Gasteiger partial charge is 0.494 e. The molecule has 2 heterocycles. The third-order valence-corrected chi connectivity index (χ3v) is 2.61. The van der Waals surface area contributed by atoms with Gasteiger partial charge in [0.05, 0.1) is 24.2 Å². The Kier molecular flexibility index (Phi) is 5.70. The maximum absolute atomic E-state index is 5.35. The number of methoxy groups -OCH3 is 1. The van der Waals surface area contributed by atoms with Gasteiger partial charge in [0, 0.05) is 25.0 Å². The molecule has 19 heavy (non-hydrogen) atoms.